The van der Waals surface area contributed by atoms with E-state index in [-0.39, 0.29) is 18.8 Å². The lowest BCUT2D eigenvalue weighted by Gasteiger charge is -2.11. The summed E-state index contributed by atoms with van der Waals surface area (Å²) in [6, 6.07) is 7.29. The first kappa shape index (κ1) is 19.9. The normalized spacial score (nSPS) is 11.3. The van der Waals surface area contributed by atoms with Crippen LogP contribution in [0.3, 0.4) is 0 Å². The minimum Gasteiger partial charge on any atom is -0.495 e. The third-order valence-corrected chi connectivity index (χ3v) is 4.02. The topological polar surface area (TPSA) is 68.2 Å². The second-order valence-electron chi connectivity index (χ2n) is 5.38. The van der Waals surface area contributed by atoms with E-state index in [0.717, 1.165) is 10.4 Å². The lowest BCUT2D eigenvalue weighted by atomic mass is 10.3. The Kier molecular flexibility index (Phi) is 6.36. The van der Waals surface area contributed by atoms with Gasteiger partial charge in [-0.1, -0.05) is 23.7 Å². The number of para-hydroxylation sites is 2. The maximum Gasteiger partial charge on any atom is 0.436 e. The van der Waals surface area contributed by atoms with E-state index in [1.807, 2.05) is 18.2 Å². The third-order valence-electron chi connectivity index (χ3n) is 3.56. The highest BCUT2D eigenvalue weighted by Gasteiger charge is 2.38. The monoisotopic (exact) mass is 390 g/mol. The molecule has 6 nitrogen and oxygen atoms in total. The molecule has 1 amide bonds. The first-order valence-corrected chi connectivity index (χ1v) is 8.05. The Hall–Kier alpha value is -2.42. The molecule has 0 unspecified atom stereocenters. The molecule has 1 aromatic heterocycles. The van der Waals surface area contributed by atoms with Crippen LogP contribution in [-0.4, -0.2) is 35.9 Å². The molecule has 0 spiro atoms. The maximum atomic E-state index is 12.8. The Morgan fingerprint density at radius 2 is 2.00 bits per heavy atom. The number of anilines is 1. The quantitative estimate of drug-likeness (QED) is 0.713. The van der Waals surface area contributed by atoms with Crippen LogP contribution in [0.25, 0.3) is 0 Å². The lowest BCUT2D eigenvalue weighted by molar-refractivity contribution is -0.141. The predicted molar refractivity (Wildman–Crippen MR) is 91.5 cm³/mol. The van der Waals surface area contributed by atoms with Gasteiger partial charge in [-0.2, -0.15) is 18.3 Å². The van der Waals surface area contributed by atoms with Crippen molar-refractivity contribution in [2.75, 3.05) is 25.5 Å². The van der Waals surface area contributed by atoms with E-state index >= 15 is 0 Å². The number of halogens is 4. The molecular weight excluding hydrogens is 373 g/mol. The van der Waals surface area contributed by atoms with Crippen molar-refractivity contribution >= 4 is 23.2 Å². The van der Waals surface area contributed by atoms with Gasteiger partial charge in [0.2, 0.25) is 5.91 Å². The first-order valence-electron chi connectivity index (χ1n) is 7.67. The molecule has 0 atom stereocenters. The number of alkyl halides is 3. The summed E-state index contributed by atoms with van der Waals surface area (Å²) in [5.41, 5.74) is -0.336. The number of benzene rings is 1. The highest BCUT2D eigenvalue weighted by atomic mass is 35.5. The number of carbonyl (C=O) groups excluding carboxylic acids is 1. The van der Waals surface area contributed by atoms with Gasteiger partial charge >= 0.3 is 6.18 Å². The van der Waals surface area contributed by atoms with Gasteiger partial charge < -0.3 is 15.4 Å². The van der Waals surface area contributed by atoms with Crippen molar-refractivity contribution < 1.29 is 22.7 Å². The molecule has 1 heterocycles. The second kappa shape index (κ2) is 8.31. The summed E-state index contributed by atoms with van der Waals surface area (Å²) in [7, 11) is 1.55. The molecule has 0 aliphatic heterocycles. The van der Waals surface area contributed by atoms with Gasteiger partial charge in [-0.25, -0.2) is 0 Å². The molecule has 26 heavy (non-hydrogen) atoms. The molecule has 0 saturated carbocycles. The van der Waals surface area contributed by atoms with Crippen LogP contribution < -0.4 is 15.4 Å². The Balaban J connectivity index is 1.86. The van der Waals surface area contributed by atoms with Gasteiger partial charge in [-0.05, 0) is 19.1 Å². The van der Waals surface area contributed by atoms with E-state index in [9.17, 15) is 18.0 Å². The number of rotatable bonds is 7. The molecule has 2 N–H and O–H groups in total. The van der Waals surface area contributed by atoms with Crippen molar-refractivity contribution in [3.05, 3.63) is 40.7 Å². The highest BCUT2D eigenvalue weighted by Crippen LogP contribution is 2.35. The summed E-state index contributed by atoms with van der Waals surface area (Å²) in [6.07, 6.45) is -4.66. The van der Waals surface area contributed by atoms with Gasteiger partial charge in [0.15, 0.2) is 5.69 Å². The number of nitrogens with zero attached hydrogens (tertiary/aromatic N) is 2. The second-order valence-corrected chi connectivity index (χ2v) is 5.76. The molecule has 142 valence electrons. The van der Waals surface area contributed by atoms with Gasteiger partial charge in [-0.3, -0.25) is 9.48 Å². The number of aromatic nitrogens is 2. The maximum absolute atomic E-state index is 12.8. The van der Waals surface area contributed by atoms with E-state index in [1.54, 1.807) is 13.2 Å². The zero-order valence-electron chi connectivity index (χ0n) is 14.2. The number of nitrogens with one attached hydrogen (secondary N) is 2. The molecule has 0 bridgehead atoms. The van der Waals surface area contributed by atoms with Crippen LogP contribution in [0.2, 0.25) is 5.02 Å². The number of carbonyl (C=O) groups is 1. The fraction of sp³-hybridized carbons (Fsp3) is 0.375. The molecule has 10 heteroatoms. The van der Waals surface area contributed by atoms with Crippen molar-refractivity contribution in [1.29, 1.82) is 0 Å². The largest absolute Gasteiger partial charge is 0.495 e. The average molecular weight is 391 g/mol. The number of amides is 1. The van der Waals surface area contributed by atoms with E-state index in [1.165, 1.54) is 6.92 Å². The number of ether oxygens (including phenoxy) is 1. The zero-order chi connectivity index (χ0) is 19.3. The van der Waals surface area contributed by atoms with Crippen molar-refractivity contribution in [3.8, 4) is 5.75 Å². The Bertz CT molecular complexity index is 777. The molecule has 0 saturated heterocycles. The molecule has 2 rings (SSSR count). The van der Waals surface area contributed by atoms with Gasteiger partial charge in [0.25, 0.3) is 0 Å². The summed E-state index contributed by atoms with van der Waals surface area (Å²) in [6.45, 7) is 1.72. The van der Waals surface area contributed by atoms with Crippen molar-refractivity contribution in [3.63, 3.8) is 0 Å². The standard InChI is InChI=1S/C16H18ClF3N4O2/c1-10-14(17)15(16(18,19)20)23-24(10)9-13(25)22-8-7-21-11-5-3-4-6-12(11)26-2/h3-6,21H,7-9H2,1-2H3,(H,22,25). The van der Waals surface area contributed by atoms with Crippen LogP contribution in [0.1, 0.15) is 11.4 Å². The van der Waals surface area contributed by atoms with Crippen LogP contribution >= 0.6 is 11.6 Å². The number of methoxy groups -OCH3 is 1. The highest BCUT2D eigenvalue weighted by molar-refractivity contribution is 6.32. The number of hydrogen-bond acceptors (Lipinski definition) is 4. The minimum atomic E-state index is -4.66. The Morgan fingerprint density at radius 3 is 2.62 bits per heavy atom. The van der Waals surface area contributed by atoms with Crippen LogP contribution in [-0.2, 0) is 17.5 Å². The number of hydrogen-bond donors (Lipinski definition) is 2. The molecule has 0 aliphatic carbocycles. The molecule has 0 radical (unpaired) electrons. The average Bonchev–Trinajstić information content (AvgIpc) is 2.87. The molecule has 0 aliphatic rings. The van der Waals surface area contributed by atoms with Gasteiger partial charge in [0, 0.05) is 13.1 Å². The van der Waals surface area contributed by atoms with Gasteiger partial charge in [0.05, 0.1) is 23.5 Å². The van der Waals surface area contributed by atoms with Gasteiger partial charge in [0.1, 0.15) is 12.3 Å². The van der Waals surface area contributed by atoms with Crippen LogP contribution in [0.15, 0.2) is 24.3 Å². The van der Waals surface area contributed by atoms with E-state index in [0.29, 0.717) is 12.3 Å². The van der Waals surface area contributed by atoms with Crippen LogP contribution in [0.4, 0.5) is 18.9 Å². The minimum absolute atomic E-state index is 0.0845. The van der Waals surface area contributed by atoms with Crippen molar-refractivity contribution in [1.82, 2.24) is 15.1 Å². The molecule has 0 fully saturated rings. The van der Waals surface area contributed by atoms with Crippen LogP contribution in [0.5, 0.6) is 5.75 Å². The fourth-order valence-corrected chi connectivity index (χ4v) is 2.48. The molecule has 1 aromatic carbocycles. The van der Waals surface area contributed by atoms with Crippen molar-refractivity contribution in [2.45, 2.75) is 19.6 Å². The fourth-order valence-electron chi connectivity index (χ4n) is 2.24. The summed E-state index contributed by atoms with van der Waals surface area (Å²) in [5, 5.41) is 8.59. The first-order chi connectivity index (χ1) is 12.2. The predicted octanol–water partition coefficient (Wildman–Crippen LogP) is 3.10. The summed E-state index contributed by atoms with van der Waals surface area (Å²) >= 11 is 5.65. The Labute approximate surface area is 153 Å². The molecule has 2 aromatic rings. The van der Waals surface area contributed by atoms with Crippen LogP contribution in [0, 0.1) is 6.92 Å². The lowest BCUT2D eigenvalue weighted by Crippen LogP contribution is -2.32. The van der Waals surface area contributed by atoms with Gasteiger partial charge in [-0.15, -0.1) is 0 Å². The zero-order valence-corrected chi connectivity index (χ0v) is 14.9. The molecular formula is C16H18ClF3N4O2. The summed E-state index contributed by atoms with van der Waals surface area (Å²) in [5.74, 6) is 0.197. The summed E-state index contributed by atoms with van der Waals surface area (Å²) < 4.78 is 44.4. The van der Waals surface area contributed by atoms with E-state index < -0.39 is 22.8 Å². The van der Waals surface area contributed by atoms with E-state index in [4.69, 9.17) is 16.3 Å². The Morgan fingerprint density at radius 1 is 1.31 bits per heavy atom. The van der Waals surface area contributed by atoms with E-state index in [2.05, 4.69) is 15.7 Å². The van der Waals surface area contributed by atoms with Crippen molar-refractivity contribution in [2.24, 2.45) is 0 Å². The SMILES string of the molecule is COc1ccccc1NCCNC(=O)Cn1nc(C(F)(F)F)c(Cl)c1C. The third kappa shape index (κ3) is 4.81. The summed E-state index contributed by atoms with van der Waals surface area (Å²) in [4.78, 5) is 11.9. The smallest absolute Gasteiger partial charge is 0.436 e.